The van der Waals surface area contributed by atoms with E-state index in [1.165, 1.54) is 57.9 Å². The molecule has 2 unspecified atom stereocenters. The minimum Gasteiger partial charge on any atom is -0.309 e. The first-order valence-corrected chi connectivity index (χ1v) is 9.41. The van der Waals surface area contributed by atoms with Crippen LogP contribution in [-0.4, -0.2) is 6.54 Å². The second-order valence-electron chi connectivity index (χ2n) is 6.35. The Bertz CT molecular complexity index is 373. The van der Waals surface area contributed by atoms with Gasteiger partial charge in [-0.2, -0.15) is 0 Å². The quantitative estimate of drug-likeness (QED) is 0.668. The third-order valence-corrected chi connectivity index (χ3v) is 6.12. The monoisotopic (exact) mass is 293 g/mol. The van der Waals surface area contributed by atoms with Crippen molar-refractivity contribution in [1.82, 2.24) is 5.32 Å². The fourth-order valence-electron chi connectivity index (χ4n) is 3.11. The third-order valence-electron chi connectivity index (χ3n) is 4.70. The predicted octanol–water partition coefficient (Wildman–Crippen LogP) is 5.49. The van der Waals surface area contributed by atoms with Crippen LogP contribution in [-0.2, 0) is 12.8 Å². The molecule has 0 fully saturated rings. The zero-order valence-corrected chi connectivity index (χ0v) is 14.3. The molecule has 0 aliphatic heterocycles. The van der Waals surface area contributed by atoms with Crippen LogP contribution >= 0.6 is 11.3 Å². The maximum atomic E-state index is 3.78. The van der Waals surface area contributed by atoms with Crippen molar-refractivity contribution >= 4 is 11.3 Å². The molecule has 0 saturated carbocycles. The smallest absolute Gasteiger partial charge is 0.0386 e. The van der Waals surface area contributed by atoms with Crippen molar-refractivity contribution in [2.75, 3.05) is 6.54 Å². The molecule has 1 aromatic heterocycles. The number of hydrogen-bond donors (Lipinski definition) is 1. The van der Waals surface area contributed by atoms with Gasteiger partial charge in [-0.25, -0.2) is 0 Å². The average molecular weight is 294 g/mol. The molecule has 1 aliphatic rings. The first-order valence-electron chi connectivity index (χ1n) is 8.59. The van der Waals surface area contributed by atoms with Gasteiger partial charge in [-0.1, -0.05) is 33.1 Å². The van der Waals surface area contributed by atoms with Crippen molar-refractivity contribution in [3.8, 4) is 0 Å². The lowest BCUT2D eigenvalue weighted by Gasteiger charge is -2.19. The zero-order valence-electron chi connectivity index (χ0n) is 13.5. The fraction of sp³-hybridized carbons (Fsp3) is 0.778. The van der Waals surface area contributed by atoms with Crippen LogP contribution in [0.5, 0.6) is 0 Å². The number of hydrogen-bond acceptors (Lipinski definition) is 2. The summed E-state index contributed by atoms with van der Waals surface area (Å²) in [6, 6.07) is 3.00. The van der Waals surface area contributed by atoms with Crippen LogP contribution in [0.25, 0.3) is 0 Å². The van der Waals surface area contributed by atoms with Gasteiger partial charge in [0.2, 0.25) is 0 Å². The second-order valence-corrected chi connectivity index (χ2v) is 7.52. The number of aryl methyl sites for hydroxylation is 2. The topological polar surface area (TPSA) is 12.0 Å². The summed E-state index contributed by atoms with van der Waals surface area (Å²) in [6.45, 7) is 8.14. The van der Waals surface area contributed by atoms with Gasteiger partial charge >= 0.3 is 0 Å². The molecule has 0 bridgehead atoms. The number of thiophene rings is 1. The molecular formula is C18H31NS. The number of rotatable bonds is 8. The highest BCUT2D eigenvalue weighted by Crippen LogP contribution is 2.32. The summed E-state index contributed by atoms with van der Waals surface area (Å²) in [5.41, 5.74) is 1.64. The molecule has 0 spiro atoms. The van der Waals surface area contributed by atoms with E-state index in [1.807, 2.05) is 0 Å². The summed E-state index contributed by atoms with van der Waals surface area (Å²) in [4.78, 5) is 3.22. The summed E-state index contributed by atoms with van der Waals surface area (Å²) in [5.74, 6) is 0.854. The van der Waals surface area contributed by atoms with Crippen LogP contribution in [0.15, 0.2) is 6.07 Å². The standard InChI is InChI=1S/C18H31NS/c1-4-6-9-15(5-2)13-19-14(3)18-12-16-10-7-8-11-17(16)20-18/h12,14-15,19H,4-11,13H2,1-3H3. The molecule has 0 amide bonds. The van der Waals surface area contributed by atoms with Crippen molar-refractivity contribution in [3.05, 3.63) is 21.4 Å². The molecular weight excluding hydrogens is 262 g/mol. The maximum absolute atomic E-state index is 3.78. The van der Waals surface area contributed by atoms with E-state index in [0.717, 1.165) is 5.92 Å². The number of fused-ring (bicyclic) bond motifs is 1. The van der Waals surface area contributed by atoms with Gasteiger partial charge in [-0.15, -0.1) is 11.3 Å². The highest BCUT2D eigenvalue weighted by molar-refractivity contribution is 7.12. The average Bonchev–Trinajstić information content (AvgIpc) is 2.91. The minimum absolute atomic E-state index is 0.529. The van der Waals surface area contributed by atoms with E-state index in [0.29, 0.717) is 6.04 Å². The normalized spacial score (nSPS) is 17.8. The van der Waals surface area contributed by atoms with E-state index in [2.05, 4.69) is 43.5 Å². The molecule has 0 radical (unpaired) electrons. The van der Waals surface area contributed by atoms with E-state index in [9.17, 15) is 0 Å². The molecule has 114 valence electrons. The third kappa shape index (κ3) is 4.33. The van der Waals surface area contributed by atoms with E-state index in [1.54, 1.807) is 15.3 Å². The Labute approximate surface area is 129 Å². The molecule has 2 heteroatoms. The number of nitrogens with one attached hydrogen (secondary N) is 1. The van der Waals surface area contributed by atoms with Crippen LogP contribution in [0.3, 0.4) is 0 Å². The van der Waals surface area contributed by atoms with Gasteiger partial charge in [-0.3, -0.25) is 0 Å². The first-order chi connectivity index (χ1) is 9.74. The van der Waals surface area contributed by atoms with Gasteiger partial charge in [0, 0.05) is 15.8 Å². The SMILES string of the molecule is CCCCC(CC)CNC(C)c1cc2c(s1)CCCC2. The fourth-order valence-corrected chi connectivity index (χ4v) is 4.40. The van der Waals surface area contributed by atoms with Crippen molar-refractivity contribution in [1.29, 1.82) is 0 Å². The molecule has 1 N–H and O–H groups in total. The van der Waals surface area contributed by atoms with Gasteiger partial charge in [0.05, 0.1) is 0 Å². The molecule has 0 saturated heterocycles. The van der Waals surface area contributed by atoms with Crippen LogP contribution < -0.4 is 5.32 Å². The Morgan fingerprint density at radius 2 is 2.05 bits per heavy atom. The Kier molecular flexibility index (Phi) is 6.57. The Hall–Kier alpha value is -0.340. The maximum Gasteiger partial charge on any atom is 0.0386 e. The lowest BCUT2D eigenvalue weighted by molar-refractivity contribution is 0.400. The van der Waals surface area contributed by atoms with Gasteiger partial charge in [0.25, 0.3) is 0 Å². The summed E-state index contributed by atoms with van der Waals surface area (Å²) in [6.07, 6.45) is 10.8. The second kappa shape index (κ2) is 8.19. The van der Waals surface area contributed by atoms with Crippen molar-refractivity contribution < 1.29 is 0 Å². The number of unbranched alkanes of at least 4 members (excludes halogenated alkanes) is 1. The minimum atomic E-state index is 0.529. The molecule has 1 heterocycles. The summed E-state index contributed by atoms with van der Waals surface area (Å²) in [7, 11) is 0. The lowest BCUT2D eigenvalue weighted by atomic mass is 9.98. The van der Waals surface area contributed by atoms with Crippen LogP contribution in [0.1, 0.15) is 80.7 Å². The van der Waals surface area contributed by atoms with Gasteiger partial charge < -0.3 is 5.32 Å². The van der Waals surface area contributed by atoms with Crippen molar-refractivity contribution in [3.63, 3.8) is 0 Å². The molecule has 0 aromatic carbocycles. The van der Waals surface area contributed by atoms with E-state index in [4.69, 9.17) is 0 Å². The predicted molar refractivity (Wildman–Crippen MR) is 90.7 cm³/mol. The highest BCUT2D eigenvalue weighted by Gasteiger charge is 2.17. The summed E-state index contributed by atoms with van der Waals surface area (Å²) < 4.78 is 0. The molecule has 1 aliphatic carbocycles. The van der Waals surface area contributed by atoms with E-state index >= 15 is 0 Å². The van der Waals surface area contributed by atoms with Crippen molar-refractivity contribution in [2.24, 2.45) is 5.92 Å². The molecule has 20 heavy (non-hydrogen) atoms. The van der Waals surface area contributed by atoms with Crippen LogP contribution in [0.4, 0.5) is 0 Å². The molecule has 2 rings (SSSR count). The Morgan fingerprint density at radius 1 is 1.25 bits per heavy atom. The van der Waals surface area contributed by atoms with Crippen molar-refractivity contribution in [2.45, 2.75) is 78.2 Å². The molecule has 2 atom stereocenters. The van der Waals surface area contributed by atoms with Gasteiger partial charge in [0.1, 0.15) is 0 Å². The van der Waals surface area contributed by atoms with E-state index in [-0.39, 0.29) is 0 Å². The largest absolute Gasteiger partial charge is 0.309 e. The lowest BCUT2D eigenvalue weighted by Crippen LogP contribution is -2.25. The Morgan fingerprint density at radius 3 is 2.75 bits per heavy atom. The highest BCUT2D eigenvalue weighted by atomic mass is 32.1. The van der Waals surface area contributed by atoms with Crippen LogP contribution in [0, 0.1) is 5.92 Å². The summed E-state index contributed by atoms with van der Waals surface area (Å²) >= 11 is 2.06. The first kappa shape index (κ1) is 16.0. The zero-order chi connectivity index (χ0) is 14.4. The van der Waals surface area contributed by atoms with Gasteiger partial charge in [-0.05, 0) is 63.1 Å². The summed E-state index contributed by atoms with van der Waals surface area (Å²) in [5, 5.41) is 3.78. The molecule has 1 aromatic rings. The van der Waals surface area contributed by atoms with E-state index < -0.39 is 0 Å². The Balaban J connectivity index is 1.84. The molecule has 1 nitrogen and oxygen atoms in total. The van der Waals surface area contributed by atoms with Gasteiger partial charge in [0.15, 0.2) is 0 Å². The van der Waals surface area contributed by atoms with Crippen LogP contribution in [0.2, 0.25) is 0 Å².